The number of nitrogens with zero attached hydrogens (tertiary/aromatic N) is 3. The second-order valence-electron chi connectivity index (χ2n) is 8.91. The average Bonchev–Trinajstić information content (AvgIpc) is 2.98. The first-order valence-electron chi connectivity index (χ1n) is 12.7. The maximum absolute atomic E-state index is 12.4. The lowest BCUT2D eigenvalue weighted by Crippen LogP contribution is -2.23. The molecule has 0 saturated heterocycles. The van der Waals surface area contributed by atoms with Crippen molar-refractivity contribution in [2.24, 2.45) is 10.2 Å². The van der Waals surface area contributed by atoms with E-state index in [1.807, 2.05) is 36.2 Å². The topological polar surface area (TPSA) is 107 Å². The first-order valence-corrected chi connectivity index (χ1v) is 13.5. The number of anilines is 1. The summed E-state index contributed by atoms with van der Waals surface area (Å²) < 4.78 is 15.3. The number of ether oxygens (including phenoxy) is 3. The highest BCUT2D eigenvalue weighted by atomic mass is 35.5. The molecule has 0 fully saturated rings. The van der Waals surface area contributed by atoms with E-state index in [-0.39, 0.29) is 36.0 Å². The number of azo groups is 1. The molecule has 11 heteroatoms. The number of likely N-dealkylation sites (N-methyl/N-ethyl adjacent to an activating group) is 1. The van der Waals surface area contributed by atoms with Crippen LogP contribution < -0.4 is 4.90 Å². The van der Waals surface area contributed by atoms with E-state index >= 15 is 0 Å². The summed E-state index contributed by atoms with van der Waals surface area (Å²) in [5.74, 6) is -1.68. The molecule has 0 aromatic heterocycles. The van der Waals surface area contributed by atoms with E-state index in [4.69, 9.17) is 37.4 Å². The maximum Gasteiger partial charge on any atom is 0.339 e. The van der Waals surface area contributed by atoms with Gasteiger partial charge in [-0.2, -0.15) is 10.2 Å². The molecule has 0 aliphatic rings. The molecule has 0 radical (unpaired) electrons. The fourth-order valence-electron chi connectivity index (χ4n) is 3.29. The van der Waals surface area contributed by atoms with Crippen molar-refractivity contribution in [3.63, 3.8) is 0 Å². The summed E-state index contributed by atoms with van der Waals surface area (Å²) in [6, 6.07) is 19.0. The Morgan fingerprint density at radius 3 is 2.19 bits per heavy atom. The molecule has 0 amide bonds. The number of benzene rings is 3. The zero-order valence-electron chi connectivity index (χ0n) is 23.1. The molecule has 0 aliphatic heterocycles. The minimum atomic E-state index is -0.681. The van der Waals surface area contributed by atoms with Crippen LogP contribution in [-0.2, 0) is 23.8 Å². The van der Waals surface area contributed by atoms with Crippen LogP contribution in [-0.4, -0.2) is 51.3 Å². The molecule has 0 aliphatic carbocycles. The van der Waals surface area contributed by atoms with Crippen molar-refractivity contribution in [3.8, 4) is 0 Å². The molecule has 3 aromatic carbocycles. The van der Waals surface area contributed by atoms with Gasteiger partial charge >= 0.3 is 17.9 Å². The van der Waals surface area contributed by atoms with Crippen LogP contribution in [0.3, 0.4) is 0 Å². The van der Waals surface area contributed by atoms with E-state index in [2.05, 4.69) is 16.8 Å². The van der Waals surface area contributed by atoms with Crippen LogP contribution in [0.15, 0.2) is 95.2 Å². The number of carbonyl (C=O) groups is 3. The van der Waals surface area contributed by atoms with E-state index in [1.165, 1.54) is 25.1 Å². The van der Waals surface area contributed by atoms with Gasteiger partial charge in [0.1, 0.15) is 19.8 Å². The highest BCUT2D eigenvalue weighted by molar-refractivity contribution is 6.33. The average molecular weight is 610 g/mol. The van der Waals surface area contributed by atoms with E-state index in [0.717, 1.165) is 11.3 Å². The molecule has 0 bridgehead atoms. The van der Waals surface area contributed by atoms with Gasteiger partial charge in [-0.05, 0) is 73.2 Å². The summed E-state index contributed by atoms with van der Waals surface area (Å²) in [6.45, 7) is 5.46. The largest absolute Gasteiger partial charge is 0.461 e. The van der Waals surface area contributed by atoms with Crippen molar-refractivity contribution in [1.29, 1.82) is 0 Å². The summed E-state index contributed by atoms with van der Waals surface area (Å²) in [5.41, 5.74) is 3.09. The van der Waals surface area contributed by atoms with Gasteiger partial charge in [-0.15, -0.1) is 0 Å². The van der Waals surface area contributed by atoms with Gasteiger partial charge in [0, 0.05) is 29.4 Å². The van der Waals surface area contributed by atoms with Crippen LogP contribution in [0.2, 0.25) is 10.0 Å². The Hall–Kier alpha value is -4.47. The fraction of sp³-hybridized carbons (Fsp3) is 0.194. The Bertz CT molecular complexity index is 1470. The Balaban J connectivity index is 1.47. The van der Waals surface area contributed by atoms with Crippen LogP contribution in [0.4, 0.5) is 17.1 Å². The molecule has 0 spiro atoms. The van der Waals surface area contributed by atoms with Crippen molar-refractivity contribution < 1.29 is 28.6 Å². The van der Waals surface area contributed by atoms with Crippen LogP contribution in [0, 0.1) is 0 Å². The Labute approximate surface area is 254 Å². The van der Waals surface area contributed by atoms with Crippen molar-refractivity contribution in [3.05, 3.63) is 106 Å². The van der Waals surface area contributed by atoms with Gasteiger partial charge in [-0.1, -0.05) is 41.9 Å². The van der Waals surface area contributed by atoms with Crippen molar-refractivity contribution in [1.82, 2.24) is 0 Å². The van der Waals surface area contributed by atoms with E-state index in [1.54, 1.807) is 36.4 Å². The SMILES string of the molecule is C=C(C)C(=O)OCCOC(=O)c1cc(/N=N/c2ccc(N(C)CCOC(=O)/C=C/c3ccc(Cl)cc3)cc2)ccc1Cl. The molecule has 0 saturated carbocycles. The lowest BCUT2D eigenvalue weighted by molar-refractivity contribution is -0.140. The molecule has 0 unspecified atom stereocenters. The third kappa shape index (κ3) is 10.5. The minimum absolute atomic E-state index is 0.104. The fourth-order valence-corrected chi connectivity index (χ4v) is 3.61. The quantitative estimate of drug-likeness (QED) is 0.0654. The molecular weight excluding hydrogens is 581 g/mol. The molecule has 42 heavy (non-hydrogen) atoms. The third-order valence-electron chi connectivity index (χ3n) is 5.59. The van der Waals surface area contributed by atoms with Crippen LogP contribution >= 0.6 is 23.2 Å². The summed E-state index contributed by atoms with van der Waals surface area (Å²) in [4.78, 5) is 37.7. The zero-order chi connectivity index (χ0) is 30.5. The summed E-state index contributed by atoms with van der Waals surface area (Å²) in [5, 5.41) is 9.21. The molecule has 3 aromatic rings. The van der Waals surface area contributed by atoms with Gasteiger partial charge < -0.3 is 19.1 Å². The van der Waals surface area contributed by atoms with E-state index < -0.39 is 17.9 Å². The van der Waals surface area contributed by atoms with Crippen molar-refractivity contribution in [2.75, 3.05) is 38.3 Å². The second kappa shape index (κ2) is 16.1. The van der Waals surface area contributed by atoms with Gasteiger partial charge in [0.05, 0.1) is 28.5 Å². The lowest BCUT2D eigenvalue weighted by atomic mass is 10.2. The van der Waals surface area contributed by atoms with Gasteiger partial charge in [0.2, 0.25) is 0 Å². The summed E-state index contributed by atoms with van der Waals surface area (Å²) >= 11 is 12.0. The smallest absolute Gasteiger partial charge is 0.339 e. The Morgan fingerprint density at radius 2 is 1.50 bits per heavy atom. The zero-order valence-corrected chi connectivity index (χ0v) is 24.6. The highest BCUT2D eigenvalue weighted by Crippen LogP contribution is 2.26. The summed E-state index contributed by atoms with van der Waals surface area (Å²) in [6.07, 6.45) is 3.04. The normalized spacial score (nSPS) is 11.0. The number of rotatable bonds is 13. The van der Waals surface area contributed by atoms with Crippen molar-refractivity contribution >= 4 is 64.2 Å². The van der Waals surface area contributed by atoms with Crippen LogP contribution in [0.1, 0.15) is 22.8 Å². The number of hydrogen-bond acceptors (Lipinski definition) is 9. The number of hydrogen-bond donors (Lipinski definition) is 0. The first kappa shape index (κ1) is 32.0. The Kier molecular flexibility index (Phi) is 12.3. The molecular formula is C31H29Cl2N3O6. The molecule has 3 rings (SSSR count). The summed E-state index contributed by atoms with van der Waals surface area (Å²) in [7, 11) is 1.88. The molecule has 0 N–H and O–H groups in total. The predicted octanol–water partition coefficient (Wildman–Crippen LogP) is 7.38. The van der Waals surface area contributed by atoms with E-state index in [9.17, 15) is 14.4 Å². The lowest BCUT2D eigenvalue weighted by Gasteiger charge is -2.18. The number of carbonyl (C=O) groups excluding carboxylic acids is 3. The first-order chi connectivity index (χ1) is 20.1. The third-order valence-corrected chi connectivity index (χ3v) is 6.17. The van der Waals surface area contributed by atoms with Gasteiger partial charge in [0.15, 0.2) is 0 Å². The molecule has 218 valence electrons. The maximum atomic E-state index is 12.4. The monoisotopic (exact) mass is 609 g/mol. The highest BCUT2D eigenvalue weighted by Gasteiger charge is 2.14. The standard InChI is InChI=1S/C31H29Cl2N3O6/c1-21(2)30(38)41-18-19-42-31(39)27-20-25(11-14-28(27)33)35-34-24-9-12-26(13-10-24)36(3)16-17-40-29(37)15-6-22-4-7-23(32)8-5-22/h4-15,20H,1,16-19H2,2-3H3/b15-6+,35-34+. The number of halogens is 2. The molecule has 9 nitrogen and oxygen atoms in total. The molecule has 0 heterocycles. The number of esters is 3. The van der Waals surface area contributed by atoms with Gasteiger partial charge in [-0.25, -0.2) is 14.4 Å². The molecule has 0 atom stereocenters. The van der Waals surface area contributed by atoms with Crippen LogP contribution in [0.5, 0.6) is 0 Å². The minimum Gasteiger partial charge on any atom is -0.461 e. The van der Waals surface area contributed by atoms with E-state index in [0.29, 0.717) is 22.9 Å². The van der Waals surface area contributed by atoms with Crippen molar-refractivity contribution in [2.45, 2.75) is 6.92 Å². The second-order valence-corrected chi connectivity index (χ2v) is 9.75. The Morgan fingerprint density at radius 1 is 0.857 bits per heavy atom. The van der Waals surface area contributed by atoms with Crippen LogP contribution in [0.25, 0.3) is 6.08 Å². The predicted molar refractivity (Wildman–Crippen MR) is 163 cm³/mol. The van der Waals surface area contributed by atoms with Gasteiger partial charge in [0.25, 0.3) is 0 Å². The van der Waals surface area contributed by atoms with Gasteiger partial charge in [-0.3, -0.25) is 0 Å².